The fourth-order valence-electron chi connectivity index (χ4n) is 4.23. The first kappa shape index (κ1) is 22.5. The van der Waals surface area contributed by atoms with Crippen LogP contribution in [0.5, 0.6) is 17.2 Å². The molecule has 2 heterocycles. The van der Waals surface area contributed by atoms with Crippen LogP contribution < -0.4 is 9.47 Å². The zero-order valence-electron chi connectivity index (χ0n) is 19.2. The monoisotopic (exact) mass is 455 g/mol. The van der Waals surface area contributed by atoms with Crippen molar-refractivity contribution in [2.45, 2.75) is 57.8 Å². The molecule has 1 N–H and O–H groups in total. The van der Waals surface area contributed by atoms with Crippen LogP contribution in [0.15, 0.2) is 29.3 Å². The summed E-state index contributed by atoms with van der Waals surface area (Å²) in [6, 6.07) is 7.90. The van der Waals surface area contributed by atoms with Crippen LogP contribution in [0.3, 0.4) is 0 Å². The van der Waals surface area contributed by atoms with E-state index in [0.717, 1.165) is 52.2 Å². The molecule has 4 rings (SSSR count). The number of nitrogens with zero attached hydrogens (tertiary/aromatic N) is 1. The number of ether oxygens (including phenoxy) is 3. The second-order valence-electron chi connectivity index (χ2n) is 8.75. The van der Waals surface area contributed by atoms with Crippen molar-refractivity contribution in [1.82, 2.24) is 0 Å². The molecule has 2 aliphatic heterocycles. The Balaban J connectivity index is 1.40. The van der Waals surface area contributed by atoms with E-state index in [4.69, 9.17) is 14.2 Å². The maximum atomic E-state index is 11.5. The molecular weight excluding hydrogens is 426 g/mol. The first-order chi connectivity index (χ1) is 15.2. The van der Waals surface area contributed by atoms with E-state index in [9.17, 15) is 9.90 Å². The predicted octanol–water partition coefficient (Wildman–Crippen LogP) is 5.30. The lowest BCUT2D eigenvalue weighted by atomic mass is 9.87. The lowest BCUT2D eigenvalue weighted by molar-refractivity contribution is 0.0166. The van der Waals surface area contributed by atoms with Gasteiger partial charge in [-0.3, -0.25) is 4.79 Å². The van der Waals surface area contributed by atoms with Crippen LogP contribution in [0.1, 0.15) is 41.2 Å². The van der Waals surface area contributed by atoms with Crippen LogP contribution >= 0.6 is 11.8 Å². The van der Waals surface area contributed by atoms with Gasteiger partial charge in [-0.05, 0) is 93.1 Å². The molecule has 0 saturated carbocycles. The van der Waals surface area contributed by atoms with Gasteiger partial charge in [-0.25, -0.2) is 0 Å². The highest BCUT2D eigenvalue weighted by Gasteiger charge is 2.35. The molecule has 0 radical (unpaired) electrons. The SMILES string of the molecule is COC1=NC(=O)SC1Cc1ccc(OCC2(C)CCc3c(C)c(O)c(C)c(C)c3O2)cc1. The fraction of sp³-hybridized carbons (Fsp3) is 0.440. The van der Waals surface area contributed by atoms with E-state index < -0.39 is 5.60 Å². The number of fused-ring (bicyclic) bond motifs is 1. The van der Waals surface area contributed by atoms with Crippen molar-refractivity contribution in [2.24, 2.45) is 4.99 Å². The van der Waals surface area contributed by atoms with E-state index >= 15 is 0 Å². The number of hydrogen-bond acceptors (Lipinski definition) is 6. The first-order valence-corrected chi connectivity index (χ1v) is 11.6. The number of methoxy groups -OCH3 is 1. The van der Waals surface area contributed by atoms with Gasteiger partial charge in [0.25, 0.3) is 0 Å². The van der Waals surface area contributed by atoms with E-state index in [2.05, 4.69) is 11.9 Å². The van der Waals surface area contributed by atoms with Gasteiger partial charge in [0.15, 0.2) is 0 Å². The molecule has 1 amide bonds. The summed E-state index contributed by atoms with van der Waals surface area (Å²) in [4.78, 5) is 15.4. The Morgan fingerprint density at radius 2 is 1.91 bits per heavy atom. The number of aromatic hydroxyl groups is 1. The van der Waals surface area contributed by atoms with Crippen molar-refractivity contribution < 1.29 is 24.1 Å². The number of amides is 1. The van der Waals surface area contributed by atoms with Crippen LogP contribution in [-0.4, -0.2) is 40.8 Å². The van der Waals surface area contributed by atoms with E-state index in [1.165, 1.54) is 11.8 Å². The smallest absolute Gasteiger partial charge is 0.308 e. The summed E-state index contributed by atoms with van der Waals surface area (Å²) in [5.41, 5.74) is 4.49. The molecule has 2 aromatic rings. The quantitative estimate of drug-likeness (QED) is 0.659. The first-order valence-electron chi connectivity index (χ1n) is 10.8. The summed E-state index contributed by atoms with van der Waals surface area (Å²) < 4.78 is 17.7. The minimum absolute atomic E-state index is 0.0801. The molecule has 2 aromatic carbocycles. The topological polar surface area (TPSA) is 77.4 Å². The van der Waals surface area contributed by atoms with Crippen molar-refractivity contribution in [1.29, 1.82) is 0 Å². The molecule has 0 fully saturated rings. The Labute approximate surface area is 193 Å². The van der Waals surface area contributed by atoms with Crippen molar-refractivity contribution >= 4 is 22.9 Å². The van der Waals surface area contributed by atoms with Gasteiger partial charge in [-0.15, -0.1) is 0 Å². The Bertz CT molecular complexity index is 1080. The van der Waals surface area contributed by atoms with Gasteiger partial charge in [0, 0.05) is 5.56 Å². The Morgan fingerprint density at radius 3 is 2.59 bits per heavy atom. The zero-order valence-corrected chi connectivity index (χ0v) is 20.0. The standard InChI is InChI=1S/C25H29NO5S/c1-14-15(2)22-19(16(3)21(14)27)10-11-25(4,31-22)13-30-18-8-6-17(7-9-18)12-20-23(29-5)26-24(28)32-20/h6-9,20,27H,10-13H2,1-5H3. The van der Waals surface area contributed by atoms with Crippen LogP contribution in [-0.2, 0) is 17.6 Å². The predicted molar refractivity (Wildman–Crippen MR) is 127 cm³/mol. The summed E-state index contributed by atoms with van der Waals surface area (Å²) in [7, 11) is 1.54. The molecule has 32 heavy (non-hydrogen) atoms. The van der Waals surface area contributed by atoms with Crippen molar-refractivity contribution in [3.05, 3.63) is 52.1 Å². The molecule has 0 saturated heterocycles. The number of hydrogen-bond donors (Lipinski definition) is 1. The molecular formula is C25H29NO5S. The highest BCUT2D eigenvalue weighted by molar-refractivity contribution is 8.15. The number of benzene rings is 2. The molecule has 170 valence electrons. The number of phenols is 1. The minimum Gasteiger partial charge on any atom is -0.507 e. The second kappa shape index (κ2) is 8.70. The third kappa shape index (κ3) is 4.31. The normalized spacial score (nSPS) is 22.2. The van der Waals surface area contributed by atoms with Crippen LogP contribution in [0.4, 0.5) is 4.79 Å². The average Bonchev–Trinajstić information content (AvgIpc) is 3.14. The summed E-state index contributed by atoms with van der Waals surface area (Å²) in [6.07, 6.45) is 2.33. The largest absolute Gasteiger partial charge is 0.507 e. The number of carbonyl (C=O) groups excluding carboxylic acids is 1. The molecule has 0 aromatic heterocycles. The maximum Gasteiger partial charge on any atom is 0.308 e. The Morgan fingerprint density at radius 1 is 1.19 bits per heavy atom. The van der Waals surface area contributed by atoms with Crippen LogP contribution in [0.2, 0.25) is 0 Å². The minimum atomic E-state index is -0.447. The molecule has 0 bridgehead atoms. The van der Waals surface area contributed by atoms with Gasteiger partial charge < -0.3 is 19.3 Å². The highest BCUT2D eigenvalue weighted by atomic mass is 32.2. The summed E-state index contributed by atoms with van der Waals surface area (Å²) in [5.74, 6) is 2.51. The fourth-order valence-corrected chi connectivity index (χ4v) is 5.15. The lowest BCUT2D eigenvalue weighted by Crippen LogP contribution is -2.42. The molecule has 2 atom stereocenters. The summed E-state index contributed by atoms with van der Waals surface area (Å²) in [6.45, 7) is 8.37. The third-order valence-corrected chi connectivity index (χ3v) is 7.36. The number of phenolic OH excluding ortho intramolecular Hbond substituents is 1. The molecule has 6 nitrogen and oxygen atoms in total. The van der Waals surface area contributed by atoms with Crippen LogP contribution in [0.25, 0.3) is 0 Å². The Hall–Kier alpha value is -2.67. The van der Waals surface area contributed by atoms with Gasteiger partial charge in [0.1, 0.15) is 29.5 Å². The number of carbonyl (C=O) groups is 1. The van der Waals surface area contributed by atoms with E-state index in [1.807, 2.05) is 45.0 Å². The number of thioether (sulfide) groups is 1. The summed E-state index contributed by atoms with van der Waals surface area (Å²) in [5, 5.41) is 10.1. The van der Waals surface area contributed by atoms with Crippen LogP contribution in [0, 0.1) is 20.8 Å². The molecule has 0 aliphatic carbocycles. The van der Waals surface area contributed by atoms with Crippen molar-refractivity contribution in [3.63, 3.8) is 0 Å². The highest BCUT2D eigenvalue weighted by Crippen LogP contribution is 2.43. The lowest BCUT2D eigenvalue weighted by Gasteiger charge is -2.37. The summed E-state index contributed by atoms with van der Waals surface area (Å²) >= 11 is 1.19. The van der Waals surface area contributed by atoms with Crippen molar-refractivity contribution in [3.8, 4) is 17.2 Å². The molecule has 7 heteroatoms. The number of aliphatic imine (C=N–C) groups is 1. The third-order valence-electron chi connectivity index (χ3n) is 6.41. The van der Waals surface area contributed by atoms with Gasteiger partial charge in [0.05, 0.1) is 12.4 Å². The molecule has 0 spiro atoms. The maximum absolute atomic E-state index is 11.5. The molecule has 2 unspecified atom stereocenters. The number of rotatable bonds is 5. The molecule has 2 aliphatic rings. The van der Waals surface area contributed by atoms with Gasteiger partial charge >= 0.3 is 5.24 Å². The van der Waals surface area contributed by atoms with Gasteiger partial charge in [-0.2, -0.15) is 4.99 Å². The van der Waals surface area contributed by atoms with Crippen molar-refractivity contribution in [2.75, 3.05) is 13.7 Å². The zero-order chi connectivity index (χ0) is 23.0. The second-order valence-corrected chi connectivity index (χ2v) is 9.90. The Kier molecular flexibility index (Phi) is 6.12. The van der Waals surface area contributed by atoms with Gasteiger partial charge in [-0.1, -0.05) is 12.1 Å². The van der Waals surface area contributed by atoms with E-state index in [0.29, 0.717) is 24.7 Å². The van der Waals surface area contributed by atoms with Gasteiger partial charge in [0.2, 0.25) is 5.90 Å². The van der Waals surface area contributed by atoms with E-state index in [1.54, 1.807) is 7.11 Å². The van der Waals surface area contributed by atoms with E-state index in [-0.39, 0.29) is 10.5 Å². The average molecular weight is 456 g/mol.